The Balaban J connectivity index is 1.09. The van der Waals surface area contributed by atoms with Crippen LogP contribution >= 0.6 is 10.0 Å². The zero-order valence-corrected chi connectivity index (χ0v) is 42.0. The van der Waals surface area contributed by atoms with Crippen LogP contribution in [0.4, 0.5) is 0 Å². The Bertz CT molecular complexity index is 4100. The monoisotopic (exact) mass is 975 g/mol. The zero-order chi connectivity index (χ0) is 49.7. The van der Waals surface area contributed by atoms with E-state index in [1.165, 1.54) is 69.6 Å². The van der Waals surface area contributed by atoms with E-state index in [9.17, 15) is 0 Å². The third-order valence-corrected chi connectivity index (χ3v) is 18.8. The highest BCUT2D eigenvalue weighted by molar-refractivity contribution is 8.34. The molecule has 14 rings (SSSR count). The van der Waals surface area contributed by atoms with Crippen molar-refractivity contribution in [1.29, 1.82) is 0 Å². The lowest BCUT2D eigenvalue weighted by Gasteiger charge is -2.43. The average molecular weight is 976 g/mol. The molecule has 2 aromatic heterocycles. The first kappa shape index (κ1) is 44.4. The van der Waals surface area contributed by atoms with Crippen molar-refractivity contribution in [2.45, 2.75) is 32.4 Å². The standard InChI is InChI=1S/C72H49NOS/c1-7-23-50(24-8-1)56-43-57(51-25-9-2-10-26-51)45-60(44-56)75(58-31-15-5-16-32-58,59-33-17-6-18-34-59)61-48-64(52-27-11-3-12-28-52)72(65(49-61)53-29-13-4-14-30-53)73-68-37-21-19-35-62(68)66-46-54(39-41-69(66)73)55-40-42-71-67(47-55)63-36-20-22-38-70(63)74-71/h1-13,15-20,22-29,31-36,38-49H,21,37H2. The molecule has 0 saturated carbocycles. The van der Waals surface area contributed by atoms with Gasteiger partial charge in [-0.05, 0) is 149 Å². The van der Waals surface area contributed by atoms with Gasteiger partial charge in [-0.2, -0.15) is 0 Å². The van der Waals surface area contributed by atoms with Gasteiger partial charge in [-0.3, -0.25) is 0 Å². The van der Waals surface area contributed by atoms with E-state index in [2.05, 4.69) is 272 Å². The van der Waals surface area contributed by atoms with Gasteiger partial charge in [-0.25, -0.2) is 0 Å². The molecule has 0 spiro atoms. The Morgan fingerprint density at radius 2 is 0.960 bits per heavy atom. The Hall–Kier alpha value is -9.33. The highest BCUT2D eigenvalue weighted by atomic mass is 32.3. The molecule has 75 heavy (non-hydrogen) atoms. The van der Waals surface area contributed by atoms with Crippen LogP contribution in [0, 0.1) is 12.1 Å². The fourth-order valence-electron chi connectivity index (χ4n) is 11.6. The van der Waals surface area contributed by atoms with E-state index in [1.54, 1.807) is 0 Å². The molecule has 0 unspecified atom stereocenters. The highest BCUT2D eigenvalue weighted by Crippen LogP contribution is 2.75. The number of benzene rings is 10. The van der Waals surface area contributed by atoms with E-state index in [0.29, 0.717) is 0 Å². The molecule has 3 heteroatoms. The van der Waals surface area contributed by atoms with Crippen LogP contribution in [0.3, 0.4) is 0 Å². The van der Waals surface area contributed by atoms with Gasteiger partial charge in [0.2, 0.25) is 0 Å². The number of aromatic nitrogens is 1. The Morgan fingerprint density at radius 3 is 1.61 bits per heavy atom. The summed E-state index contributed by atoms with van der Waals surface area (Å²) in [6, 6.07) is 103. The van der Waals surface area contributed by atoms with E-state index in [0.717, 1.165) is 68.3 Å². The molecule has 2 heterocycles. The molecule has 0 amide bonds. The van der Waals surface area contributed by atoms with Crippen LogP contribution in [0.2, 0.25) is 0 Å². The molecule has 0 aliphatic heterocycles. The van der Waals surface area contributed by atoms with Crippen LogP contribution in [0.5, 0.6) is 0 Å². The Morgan fingerprint density at radius 1 is 0.400 bits per heavy atom. The number of allylic oxidation sites excluding steroid dienone is 1. The minimum absolute atomic E-state index is 0.901. The first-order valence-corrected chi connectivity index (χ1v) is 27.4. The summed E-state index contributed by atoms with van der Waals surface area (Å²) in [4.78, 5) is 4.99. The molecule has 11 aromatic carbocycles. The molecule has 0 fully saturated rings. The first-order valence-electron chi connectivity index (χ1n) is 25.8. The summed E-state index contributed by atoms with van der Waals surface area (Å²) in [5.74, 6) is 0. The molecule has 354 valence electrons. The lowest BCUT2D eigenvalue weighted by atomic mass is 9.95. The van der Waals surface area contributed by atoms with Crippen molar-refractivity contribution >= 4 is 48.9 Å². The number of hydrogen-bond donors (Lipinski definition) is 0. The Labute approximate surface area is 439 Å². The fourth-order valence-corrected chi connectivity index (χ4v) is 15.5. The van der Waals surface area contributed by atoms with Crippen LogP contribution in [-0.2, 0) is 6.42 Å². The van der Waals surface area contributed by atoms with E-state index in [1.807, 2.05) is 18.2 Å². The smallest absolute Gasteiger partial charge is 0.135 e. The van der Waals surface area contributed by atoms with Crippen LogP contribution in [0.15, 0.2) is 291 Å². The second-order valence-electron chi connectivity index (χ2n) is 19.3. The van der Waals surface area contributed by atoms with Gasteiger partial charge in [-0.1, -0.05) is 188 Å². The summed E-state index contributed by atoms with van der Waals surface area (Å²) in [5.41, 5.74) is 18.1. The zero-order valence-electron chi connectivity index (χ0n) is 41.2. The van der Waals surface area contributed by atoms with Crippen LogP contribution in [-0.4, -0.2) is 4.57 Å². The van der Waals surface area contributed by atoms with Crippen LogP contribution in [0.1, 0.15) is 17.7 Å². The number of hydrogen-bond acceptors (Lipinski definition) is 1. The molecular weight excluding hydrogens is 927 g/mol. The van der Waals surface area contributed by atoms with Crippen molar-refractivity contribution < 1.29 is 4.42 Å². The maximum Gasteiger partial charge on any atom is 0.135 e. The summed E-state index contributed by atoms with van der Waals surface area (Å²) in [7, 11) is -2.29. The number of rotatable bonds is 10. The average Bonchev–Trinajstić information content (AvgIpc) is 4.06. The van der Waals surface area contributed by atoms with Crippen molar-refractivity contribution in [1.82, 2.24) is 4.57 Å². The highest BCUT2D eigenvalue weighted by Gasteiger charge is 2.36. The lowest BCUT2D eigenvalue weighted by molar-refractivity contribution is 0.669. The molecule has 13 aromatic rings. The first-order chi connectivity index (χ1) is 37.2. The van der Waals surface area contributed by atoms with Crippen LogP contribution < -0.4 is 0 Å². The van der Waals surface area contributed by atoms with Gasteiger partial charge in [0.05, 0.1) is 11.2 Å². The normalized spacial score (nSPS) is 12.5. The number of nitrogens with zero attached hydrogens (tertiary/aromatic N) is 1. The van der Waals surface area contributed by atoms with E-state index >= 15 is 0 Å². The number of para-hydroxylation sites is 1. The van der Waals surface area contributed by atoms with Crippen molar-refractivity contribution in [3.05, 3.63) is 290 Å². The van der Waals surface area contributed by atoms with E-state index in [4.69, 9.17) is 4.42 Å². The quantitative estimate of drug-likeness (QED) is 0.134. The molecule has 0 bridgehead atoms. The maximum absolute atomic E-state index is 6.27. The molecular formula is C72H49NOS. The van der Waals surface area contributed by atoms with Gasteiger partial charge in [0.1, 0.15) is 11.2 Å². The van der Waals surface area contributed by atoms with Gasteiger partial charge in [0.15, 0.2) is 0 Å². The van der Waals surface area contributed by atoms with Gasteiger partial charge in [0.25, 0.3) is 0 Å². The summed E-state index contributed by atoms with van der Waals surface area (Å²) < 4.78 is 8.87. The lowest BCUT2D eigenvalue weighted by Crippen LogP contribution is -2.10. The third-order valence-electron chi connectivity index (χ3n) is 15.0. The van der Waals surface area contributed by atoms with Crippen molar-refractivity contribution in [2.75, 3.05) is 0 Å². The van der Waals surface area contributed by atoms with Gasteiger partial charge in [-0.15, -0.1) is 10.0 Å². The molecule has 1 aliphatic rings. The summed E-state index contributed by atoms with van der Waals surface area (Å²) in [6.07, 6.45) is 6.56. The van der Waals surface area contributed by atoms with Crippen molar-refractivity contribution in [3.8, 4) is 61.3 Å². The van der Waals surface area contributed by atoms with Gasteiger partial charge < -0.3 is 8.98 Å². The predicted molar refractivity (Wildman–Crippen MR) is 313 cm³/mol. The number of fused-ring (bicyclic) bond motifs is 6. The van der Waals surface area contributed by atoms with Crippen molar-refractivity contribution in [2.24, 2.45) is 0 Å². The molecule has 2 nitrogen and oxygen atoms in total. The summed E-state index contributed by atoms with van der Waals surface area (Å²) in [6.45, 7) is 0. The van der Waals surface area contributed by atoms with Crippen LogP contribution in [0.25, 0.3) is 100 Å². The van der Waals surface area contributed by atoms with E-state index < -0.39 is 10.0 Å². The summed E-state index contributed by atoms with van der Waals surface area (Å²) in [5, 5.41) is 3.49. The second-order valence-corrected chi connectivity index (χ2v) is 22.4. The molecule has 0 radical (unpaired) electrons. The maximum atomic E-state index is 6.27. The van der Waals surface area contributed by atoms with Crippen molar-refractivity contribution in [3.63, 3.8) is 0 Å². The molecule has 1 aliphatic carbocycles. The van der Waals surface area contributed by atoms with Gasteiger partial charge >= 0.3 is 0 Å². The molecule has 0 atom stereocenters. The minimum Gasteiger partial charge on any atom is -0.456 e. The summed E-state index contributed by atoms with van der Waals surface area (Å²) >= 11 is 0. The number of furan rings is 1. The fraction of sp³-hybridized carbons (Fsp3) is 0.0278. The predicted octanol–water partition coefficient (Wildman–Crippen LogP) is 19.8. The molecule has 0 saturated heterocycles. The largest absolute Gasteiger partial charge is 0.456 e. The topological polar surface area (TPSA) is 18.1 Å². The van der Waals surface area contributed by atoms with Gasteiger partial charge in [0, 0.05) is 63.7 Å². The Kier molecular flexibility index (Phi) is 11.0. The minimum atomic E-state index is -2.29. The van der Waals surface area contributed by atoms with E-state index in [-0.39, 0.29) is 0 Å². The third kappa shape index (κ3) is 7.61. The SMILES string of the molecule is c1cccc(-c2cc(S(c3ccccc3)(c3ccccc3)c3cc(-c4ccccc4)cc(-c4ccccc4)c3)cc(-c3ccccc3)c2-n2c3c(c4cc(-c5ccc6oc7ccccc7c6c5)ccc42)C=CCC3)c#1. The second kappa shape index (κ2) is 18.6. The molecule has 0 N–H and O–H groups in total.